The molecule has 1 atom stereocenters. The number of nitrogens with zero attached hydrogens (tertiary/aromatic N) is 3. The number of hydrogen-bond donors (Lipinski definition) is 1. The molecule has 2 heterocycles. The minimum atomic E-state index is -0.990. The second-order valence-corrected chi connectivity index (χ2v) is 5.55. The number of hydrogen-bond acceptors (Lipinski definition) is 5. The third-order valence-electron chi connectivity index (χ3n) is 3.04. The topological polar surface area (TPSA) is 75.6 Å². The maximum absolute atomic E-state index is 11.1. The molecule has 0 amide bonds. The quantitative estimate of drug-likeness (QED) is 0.884. The fourth-order valence-corrected chi connectivity index (χ4v) is 2.58. The average Bonchev–Trinajstić information content (AvgIpc) is 2.26. The minimum Gasteiger partial charge on any atom is -0.478 e. The van der Waals surface area contributed by atoms with Crippen LogP contribution in [-0.2, 0) is 11.3 Å². The third-order valence-corrected chi connectivity index (χ3v) is 3.04. The van der Waals surface area contributed by atoms with E-state index in [2.05, 4.69) is 14.9 Å². The Bertz CT molecular complexity index is 476. The summed E-state index contributed by atoms with van der Waals surface area (Å²) in [7, 11) is 0. The number of aromatic carboxylic acids is 1. The standard InChI is InChI=1S/C13H19N3O3/c1-9-5-16(7-13(2,3)19-9)6-11-10(12(17)18)4-14-8-15-11/h4,8-9H,5-7H2,1-3H3,(H,17,18). The van der Waals surface area contributed by atoms with Crippen molar-refractivity contribution in [3.63, 3.8) is 0 Å². The van der Waals surface area contributed by atoms with Crippen molar-refractivity contribution >= 4 is 5.97 Å². The fraction of sp³-hybridized carbons (Fsp3) is 0.615. The van der Waals surface area contributed by atoms with Crippen LogP contribution in [0.25, 0.3) is 0 Å². The second-order valence-electron chi connectivity index (χ2n) is 5.55. The maximum Gasteiger partial charge on any atom is 0.339 e. The van der Waals surface area contributed by atoms with Crippen LogP contribution in [0.1, 0.15) is 36.8 Å². The Labute approximate surface area is 112 Å². The van der Waals surface area contributed by atoms with Crippen molar-refractivity contribution in [2.24, 2.45) is 0 Å². The third kappa shape index (κ3) is 3.48. The summed E-state index contributed by atoms with van der Waals surface area (Å²) < 4.78 is 5.83. The van der Waals surface area contributed by atoms with Crippen LogP contribution in [0.5, 0.6) is 0 Å². The summed E-state index contributed by atoms with van der Waals surface area (Å²) >= 11 is 0. The van der Waals surface area contributed by atoms with Gasteiger partial charge in [0.1, 0.15) is 11.9 Å². The van der Waals surface area contributed by atoms with E-state index in [4.69, 9.17) is 9.84 Å². The predicted octanol–water partition coefficient (Wildman–Crippen LogP) is 1.17. The molecule has 0 aromatic carbocycles. The first kappa shape index (κ1) is 13.9. The second kappa shape index (κ2) is 5.22. The van der Waals surface area contributed by atoms with Gasteiger partial charge in [0.05, 0.1) is 17.4 Å². The molecule has 1 N–H and O–H groups in total. The van der Waals surface area contributed by atoms with E-state index in [0.29, 0.717) is 12.2 Å². The molecule has 6 nitrogen and oxygen atoms in total. The molecule has 6 heteroatoms. The number of carboxylic acids is 1. The molecular weight excluding hydrogens is 246 g/mol. The smallest absolute Gasteiger partial charge is 0.339 e. The van der Waals surface area contributed by atoms with Crippen LogP contribution in [0.4, 0.5) is 0 Å². The van der Waals surface area contributed by atoms with Crippen LogP contribution >= 0.6 is 0 Å². The molecule has 0 radical (unpaired) electrons. The first-order valence-corrected chi connectivity index (χ1v) is 6.30. The lowest BCUT2D eigenvalue weighted by atomic mass is 10.0. The lowest BCUT2D eigenvalue weighted by Gasteiger charge is -2.41. The number of carboxylic acid groups (broad SMARTS) is 1. The van der Waals surface area contributed by atoms with Crippen molar-refractivity contribution in [2.45, 2.75) is 39.0 Å². The van der Waals surface area contributed by atoms with Gasteiger partial charge < -0.3 is 9.84 Å². The summed E-state index contributed by atoms with van der Waals surface area (Å²) in [5.74, 6) is -0.990. The van der Waals surface area contributed by atoms with Gasteiger partial charge >= 0.3 is 5.97 Å². The molecule has 0 saturated carbocycles. The molecule has 0 aliphatic carbocycles. The molecule has 2 rings (SSSR count). The van der Waals surface area contributed by atoms with Gasteiger partial charge in [0.25, 0.3) is 0 Å². The van der Waals surface area contributed by atoms with Gasteiger partial charge in [0.2, 0.25) is 0 Å². The molecule has 0 spiro atoms. The fourth-order valence-electron chi connectivity index (χ4n) is 2.58. The monoisotopic (exact) mass is 265 g/mol. The highest BCUT2D eigenvalue weighted by Crippen LogP contribution is 2.22. The normalized spacial score (nSPS) is 23.2. The van der Waals surface area contributed by atoms with Gasteiger partial charge in [-0.1, -0.05) is 0 Å². The number of aromatic nitrogens is 2. The van der Waals surface area contributed by atoms with Gasteiger partial charge in [-0.25, -0.2) is 14.8 Å². The van der Waals surface area contributed by atoms with Crippen molar-refractivity contribution < 1.29 is 14.6 Å². The van der Waals surface area contributed by atoms with E-state index in [-0.39, 0.29) is 17.3 Å². The molecule has 1 fully saturated rings. The number of rotatable bonds is 3. The van der Waals surface area contributed by atoms with Crippen molar-refractivity contribution in [3.8, 4) is 0 Å². The molecule has 1 aliphatic heterocycles. The van der Waals surface area contributed by atoms with E-state index in [1.807, 2.05) is 20.8 Å². The maximum atomic E-state index is 11.1. The van der Waals surface area contributed by atoms with Crippen molar-refractivity contribution in [1.82, 2.24) is 14.9 Å². The molecule has 0 bridgehead atoms. The Kier molecular flexibility index (Phi) is 3.82. The molecule has 1 aromatic rings. The molecule has 104 valence electrons. The van der Waals surface area contributed by atoms with Gasteiger partial charge in [-0.2, -0.15) is 0 Å². The Balaban J connectivity index is 2.15. The first-order valence-electron chi connectivity index (χ1n) is 6.30. The van der Waals surface area contributed by atoms with Crippen molar-refractivity contribution in [2.75, 3.05) is 13.1 Å². The molecule has 1 saturated heterocycles. The highest BCUT2D eigenvalue weighted by atomic mass is 16.5. The largest absolute Gasteiger partial charge is 0.478 e. The van der Waals surface area contributed by atoms with E-state index in [1.165, 1.54) is 12.5 Å². The van der Waals surface area contributed by atoms with E-state index in [0.717, 1.165) is 13.1 Å². The Hall–Kier alpha value is -1.53. The van der Waals surface area contributed by atoms with Crippen LogP contribution in [0, 0.1) is 0 Å². The van der Waals surface area contributed by atoms with Crippen molar-refractivity contribution in [1.29, 1.82) is 0 Å². The zero-order valence-electron chi connectivity index (χ0n) is 11.5. The van der Waals surface area contributed by atoms with Crippen molar-refractivity contribution in [3.05, 3.63) is 23.8 Å². The Morgan fingerprint density at radius 2 is 2.37 bits per heavy atom. The highest BCUT2D eigenvalue weighted by molar-refractivity contribution is 5.88. The lowest BCUT2D eigenvalue weighted by Crippen LogP contribution is -2.51. The zero-order chi connectivity index (χ0) is 14.0. The van der Waals surface area contributed by atoms with E-state index in [1.54, 1.807) is 0 Å². The summed E-state index contributed by atoms with van der Waals surface area (Å²) in [5.41, 5.74) is 0.487. The average molecular weight is 265 g/mol. The summed E-state index contributed by atoms with van der Waals surface area (Å²) in [6.07, 6.45) is 2.86. The summed E-state index contributed by atoms with van der Waals surface area (Å²) in [5, 5.41) is 9.13. The van der Waals surface area contributed by atoms with Crippen LogP contribution < -0.4 is 0 Å². The molecule has 1 unspecified atom stereocenters. The van der Waals surface area contributed by atoms with Crippen LogP contribution in [0.2, 0.25) is 0 Å². The molecular formula is C13H19N3O3. The van der Waals surface area contributed by atoms with Crippen LogP contribution in [-0.4, -0.2) is 50.7 Å². The predicted molar refractivity (Wildman–Crippen MR) is 68.9 cm³/mol. The SMILES string of the molecule is CC1CN(Cc2ncncc2C(=O)O)CC(C)(C)O1. The Morgan fingerprint density at radius 1 is 1.63 bits per heavy atom. The van der Waals surface area contributed by atoms with Gasteiger partial charge in [-0.05, 0) is 20.8 Å². The summed E-state index contributed by atoms with van der Waals surface area (Å²) in [6.45, 7) is 8.11. The Morgan fingerprint density at radius 3 is 3.00 bits per heavy atom. The highest BCUT2D eigenvalue weighted by Gasteiger charge is 2.31. The first-order chi connectivity index (χ1) is 8.87. The van der Waals surface area contributed by atoms with E-state index < -0.39 is 5.97 Å². The van der Waals surface area contributed by atoms with Gasteiger partial charge in [-0.3, -0.25) is 4.90 Å². The van der Waals surface area contributed by atoms with E-state index >= 15 is 0 Å². The van der Waals surface area contributed by atoms with E-state index in [9.17, 15) is 4.79 Å². The number of ether oxygens (including phenoxy) is 1. The van der Waals surface area contributed by atoms with Crippen LogP contribution in [0.3, 0.4) is 0 Å². The van der Waals surface area contributed by atoms with Gasteiger partial charge in [0, 0.05) is 25.8 Å². The van der Waals surface area contributed by atoms with Gasteiger partial charge in [0.15, 0.2) is 0 Å². The number of carbonyl (C=O) groups is 1. The summed E-state index contributed by atoms with van der Waals surface area (Å²) in [6, 6.07) is 0. The number of morpholine rings is 1. The summed E-state index contributed by atoms with van der Waals surface area (Å²) in [4.78, 5) is 21.2. The molecule has 19 heavy (non-hydrogen) atoms. The zero-order valence-corrected chi connectivity index (χ0v) is 11.5. The van der Waals surface area contributed by atoms with Crippen LogP contribution in [0.15, 0.2) is 12.5 Å². The minimum absolute atomic E-state index is 0.124. The molecule has 1 aliphatic rings. The molecule has 1 aromatic heterocycles. The van der Waals surface area contributed by atoms with Gasteiger partial charge in [-0.15, -0.1) is 0 Å². The lowest BCUT2D eigenvalue weighted by molar-refractivity contribution is -0.131.